The van der Waals surface area contributed by atoms with Crippen LogP contribution in [0.1, 0.15) is 17.2 Å². The number of benzene rings is 3. The number of hydrogen-bond donors (Lipinski definition) is 1. The van der Waals surface area contributed by atoms with Crippen molar-refractivity contribution in [2.75, 3.05) is 18.6 Å². The van der Waals surface area contributed by atoms with Gasteiger partial charge in [0.25, 0.3) is 0 Å². The number of rotatable bonds is 5. The fourth-order valence-electron chi connectivity index (χ4n) is 3.37. The minimum absolute atomic E-state index is 0.117. The molecular formula is C23H23N3O. The van der Waals surface area contributed by atoms with Crippen LogP contribution < -0.4 is 15.0 Å². The van der Waals surface area contributed by atoms with Crippen LogP contribution in [0, 0.1) is 0 Å². The maximum atomic E-state index is 5.47. The number of ether oxygens (including phenoxy) is 1. The summed E-state index contributed by atoms with van der Waals surface area (Å²) in [5, 5.41) is 3.52. The van der Waals surface area contributed by atoms with Gasteiger partial charge in [-0.05, 0) is 23.8 Å². The van der Waals surface area contributed by atoms with E-state index in [1.807, 2.05) is 30.3 Å². The Morgan fingerprint density at radius 1 is 0.926 bits per heavy atom. The van der Waals surface area contributed by atoms with Crippen LogP contribution in [0.5, 0.6) is 5.75 Å². The van der Waals surface area contributed by atoms with Crippen molar-refractivity contribution < 1.29 is 4.74 Å². The average Bonchev–Trinajstić information content (AvgIpc) is 3.18. The van der Waals surface area contributed by atoms with Crippen LogP contribution in [0.15, 0.2) is 89.9 Å². The molecule has 3 aromatic carbocycles. The van der Waals surface area contributed by atoms with E-state index in [1.54, 1.807) is 7.11 Å². The summed E-state index contributed by atoms with van der Waals surface area (Å²) in [5.74, 6) is 1.77. The molecule has 0 bridgehead atoms. The number of aliphatic imine (C=N–C) groups is 1. The van der Waals surface area contributed by atoms with Gasteiger partial charge in [-0.15, -0.1) is 0 Å². The minimum Gasteiger partial charge on any atom is -0.496 e. The molecule has 3 aromatic rings. The molecule has 0 aliphatic carbocycles. The molecule has 1 aliphatic rings. The third kappa shape index (κ3) is 3.80. The van der Waals surface area contributed by atoms with E-state index < -0.39 is 0 Å². The molecular weight excluding hydrogens is 334 g/mol. The second kappa shape index (κ2) is 7.96. The molecule has 0 aromatic heterocycles. The Bertz CT molecular complexity index is 909. The molecule has 0 spiro atoms. The van der Waals surface area contributed by atoms with Crippen molar-refractivity contribution in [3.8, 4) is 5.75 Å². The largest absolute Gasteiger partial charge is 0.496 e. The van der Waals surface area contributed by atoms with Gasteiger partial charge in [0.15, 0.2) is 5.96 Å². The average molecular weight is 357 g/mol. The third-order valence-electron chi connectivity index (χ3n) is 4.77. The first-order valence-corrected chi connectivity index (χ1v) is 9.16. The van der Waals surface area contributed by atoms with Crippen LogP contribution in [0.2, 0.25) is 0 Å². The molecule has 27 heavy (non-hydrogen) atoms. The minimum atomic E-state index is 0.117. The topological polar surface area (TPSA) is 36.9 Å². The molecule has 1 atom stereocenters. The Balaban J connectivity index is 1.59. The van der Waals surface area contributed by atoms with E-state index in [4.69, 9.17) is 9.73 Å². The lowest BCUT2D eigenvalue weighted by Gasteiger charge is -2.22. The standard InChI is InChI=1S/C23H23N3O/c1-27-22-15-9-8-12-19(22)16-24-23-25-21(18-10-4-2-5-11-18)17-26(23)20-13-6-3-7-14-20/h2-15,21H,16-17H2,1H3,(H,24,25)/t21-/m0/s1. The van der Waals surface area contributed by atoms with E-state index in [2.05, 4.69) is 64.8 Å². The number of anilines is 1. The predicted molar refractivity (Wildman–Crippen MR) is 110 cm³/mol. The van der Waals surface area contributed by atoms with Crippen LogP contribution >= 0.6 is 0 Å². The molecule has 4 rings (SSSR count). The normalized spacial score (nSPS) is 16.1. The summed E-state index contributed by atoms with van der Waals surface area (Å²) < 4.78 is 5.47. The third-order valence-corrected chi connectivity index (χ3v) is 4.77. The monoisotopic (exact) mass is 357 g/mol. The molecule has 1 heterocycles. The van der Waals surface area contributed by atoms with Gasteiger partial charge in [-0.2, -0.15) is 0 Å². The first-order chi connectivity index (χ1) is 13.3. The van der Waals surface area contributed by atoms with Gasteiger partial charge >= 0.3 is 0 Å². The van der Waals surface area contributed by atoms with Gasteiger partial charge in [-0.1, -0.05) is 66.7 Å². The highest BCUT2D eigenvalue weighted by Gasteiger charge is 2.27. The molecule has 1 N–H and O–H groups in total. The lowest BCUT2D eigenvalue weighted by atomic mass is 10.1. The van der Waals surface area contributed by atoms with Gasteiger partial charge in [0.05, 0.1) is 19.7 Å². The van der Waals surface area contributed by atoms with Crippen molar-refractivity contribution in [3.05, 3.63) is 96.1 Å². The lowest BCUT2D eigenvalue weighted by molar-refractivity contribution is 0.409. The quantitative estimate of drug-likeness (QED) is 0.735. The molecule has 4 nitrogen and oxygen atoms in total. The first-order valence-electron chi connectivity index (χ1n) is 9.16. The number of methoxy groups -OCH3 is 1. The van der Waals surface area contributed by atoms with Gasteiger partial charge in [0, 0.05) is 17.8 Å². The van der Waals surface area contributed by atoms with Crippen LogP contribution in [0.25, 0.3) is 0 Å². The Morgan fingerprint density at radius 3 is 2.33 bits per heavy atom. The number of nitrogens with one attached hydrogen (secondary N) is 1. The van der Waals surface area contributed by atoms with Crippen LogP contribution in [0.4, 0.5) is 5.69 Å². The molecule has 4 heteroatoms. The summed E-state index contributed by atoms with van der Waals surface area (Å²) in [6.45, 7) is 1.48. The van der Waals surface area contributed by atoms with Crippen molar-refractivity contribution in [2.45, 2.75) is 12.6 Å². The van der Waals surface area contributed by atoms with E-state index in [-0.39, 0.29) is 6.04 Å². The van der Waals surface area contributed by atoms with E-state index in [9.17, 15) is 0 Å². The number of para-hydroxylation sites is 2. The Morgan fingerprint density at radius 2 is 1.59 bits per heavy atom. The highest BCUT2D eigenvalue weighted by atomic mass is 16.5. The highest BCUT2D eigenvalue weighted by Crippen LogP contribution is 2.28. The lowest BCUT2D eigenvalue weighted by Crippen LogP contribution is -2.38. The summed E-state index contributed by atoms with van der Waals surface area (Å²) in [4.78, 5) is 7.22. The van der Waals surface area contributed by atoms with E-state index in [0.717, 1.165) is 29.5 Å². The summed E-state index contributed by atoms with van der Waals surface area (Å²) in [7, 11) is 1.70. The van der Waals surface area contributed by atoms with Crippen LogP contribution in [0.3, 0.4) is 0 Å². The summed E-state index contributed by atoms with van der Waals surface area (Å²) in [5.41, 5.74) is 3.48. The Hall–Kier alpha value is -3.27. The maximum Gasteiger partial charge on any atom is 0.199 e. The molecule has 0 saturated carbocycles. The van der Waals surface area contributed by atoms with Crippen molar-refractivity contribution in [2.24, 2.45) is 4.99 Å². The molecule has 0 saturated heterocycles. The second-order valence-corrected chi connectivity index (χ2v) is 6.49. The summed E-state index contributed by atoms with van der Waals surface area (Å²) in [6, 6.07) is 29.0. The Kier molecular flexibility index (Phi) is 5.06. The molecule has 136 valence electrons. The van der Waals surface area contributed by atoms with Gasteiger partial charge in [0.2, 0.25) is 0 Å². The number of guanidine groups is 1. The van der Waals surface area contributed by atoms with Gasteiger partial charge in [-0.3, -0.25) is 0 Å². The van der Waals surface area contributed by atoms with E-state index in [1.165, 1.54) is 5.56 Å². The van der Waals surface area contributed by atoms with Gasteiger partial charge in [0.1, 0.15) is 5.75 Å². The first kappa shape index (κ1) is 17.2. The second-order valence-electron chi connectivity index (χ2n) is 6.49. The summed E-state index contributed by atoms with van der Waals surface area (Å²) >= 11 is 0. The van der Waals surface area contributed by atoms with Gasteiger partial charge in [-0.25, -0.2) is 4.99 Å². The van der Waals surface area contributed by atoms with Crippen LogP contribution in [-0.4, -0.2) is 19.6 Å². The zero-order valence-corrected chi connectivity index (χ0v) is 15.4. The zero-order chi connectivity index (χ0) is 18.5. The van der Waals surface area contributed by atoms with Gasteiger partial charge < -0.3 is 15.0 Å². The molecule has 0 radical (unpaired) electrons. The molecule has 1 aliphatic heterocycles. The van der Waals surface area contributed by atoms with E-state index >= 15 is 0 Å². The smallest absolute Gasteiger partial charge is 0.199 e. The van der Waals surface area contributed by atoms with Crippen molar-refractivity contribution in [3.63, 3.8) is 0 Å². The number of hydrogen-bond acceptors (Lipinski definition) is 4. The zero-order valence-electron chi connectivity index (χ0n) is 15.4. The van der Waals surface area contributed by atoms with Crippen molar-refractivity contribution in [1.82, 2.24) is 5.32 Å². The summed E-state index contributed by atoms with van der Waals surface area (Å²) in [6.07, 6.45) is 0. The fraction of sp³-hybridized carbons (Fsp3) is 0.174. The SMILES string of the molecule is COc1ccccc1CNC1=N[C@H](c2ccccc2)CN1c1ccccc1. The fourth-order valence-corrected chi connectivity index (χ4v) is 3.37. The Labute approximate surface area is 160 Å². The van der Waals surface area contributed by atoms with Crippen molar-refractivity contribution >= 4 is 11.6 Å². The van der Waals surface area contributed by atoms with Crippen molar-refractivity contribution in [1.29, 1.82) is 0 Å². The molecule has 0 unspecified atom stereocenters. The van der Waals surface area contributed by atoms with E-state index in [0.29, 0.717) is 6.54 Å². The van der Waals surface area contributed by atoms with Crippen LogP contribution in [-0.2, 0) is 6.54 Å². The number of nitrogens with zero attached hydrogens (tertiary/aromatic N) is 2. The highest BCUT2D eigenvalue weighted by molar-refractivity contribution is 5.98. The maximum absolute atomic E-state index is 5.47. The predicted octanol–water partition coefficient (Wildman–Crippen LogP) is 4.40. The molecule has 0 amide bonds. The molecule has 0 fully saturated rings.